The van der Waals surface area contributed by atoms with Crippen molar-refractivity contribution in [3.63, 3.8) is 0 Å². The molecule has 0 radical (unpaired) electrons. The maximum absolute atomic E-state index is 12.6. The van der Waals surface area contributed by atoms with E-state index < -0.39 is 0 Å². The summed E-state index contributed by atoms with van der Waals surface area (Å²) in [5.74, 6) is -0.199. The maximum Gasteiger partial charge on any atom is 0.261 e. The molecule has 2 aromatic heterocycles. The van der Waals surface area contributed by atoms with Crippen LogP contribution in [0.1, 0.15) is 28.0 Å². The van der Waals surface area contributed by atoms with E-state index in [-0.39, 0.29) is 24.4 Å². The summed E-state index contributed by atoms with van der Waals surface area (Å²) in [6.07, 6.45) is 4.11. The van der Waals surface area contributed by atoms with Crippen LogP contribution in [0.5, 0.6) is 0 Å². The van der Waals surface area contributed by atoms with Gasteiger partial charge in [0.25, 0.3) is 5.56 Å². The number of fused-ring (bicyclic) bond motifs is 1. The maximum atomic E-state index is 12.6. The quantitative estimate of drug-likeness (QED) is 0.458. The van der Waals surface area contributed by atoms with E-state index >= 15 is 0 Å². The number of thiazole rings is 1. The topological polar surface area (TPSA) is 76.9 Å². The highest BCUT2D eigenvalue weighted by Crippen LogP contribution is 2.24. The van der Waals surface area contributed by atoms with Gasteiger partial charge < -0.3 is 5.32 Å². The van der Waals surface area contributed by atoms with Crippen LogP contribution in [-0.4, -0.2) is 20.4 Å². The minimum absolute atomic E-state index is 0.144. The van der Waals surface area contributed by atoms with Crippen molar-refractivity contribution in [2.45, 2.75) is 33.2 Å². The van der Waals surface area contributed by atoms with Crippen molar-refractivity contribution in [3.8, 4) is 0 Å². The average Bonchev–Trinajstić information content (AvgIpc) is 3.17. The number of hydrogen-bond acceptors (Lipinski definition) is 5. The largest absolute Gasteiger partial charge is 0.302 e. The summed E-state index contributed by atoms with van der Waals surface area (Å²) in [5.41, 5.74) is 3.63. The molecule has 2 heterocycles. The van der Waals surface area contributed by atoms with E-state index in [0.29, 0.717) is 22.5 Å². The highest BCUT2D eigenvalue weighted by molar-refractivity contribution is 7.15. The second-order valence-electron chi connectivity index (χ2n) is 7.40. The molecule has 0 spiro atoms. The Hall–Kier alpha value is -3.03. The Balaban J connectivity index is 1.37. The monoisotopic (exact) mass is 452 g/mol. The van der Waals surface area contributed by atoms with Gasteiger partial charge >= 0.3 is 0 Å². The van der Waals surface area contributed by atoms with E-state index in [1.54, 1.807) is 12.3 Å². The van der Waals surface area contributed by atoms with Crippen molar-refractivity contribution in [2.24, 2.45) is 0 Å². The number of aromatic nitrogens is 3. The molecule has 0 aliphatic heterocycles. The first kappa shape index (κ1) is 21.2. The molecule has 0 saturated heterocycles. The smallest absolute Gasteiger partial charge is 0.261 e. The zero-order valence-corrected chi connectivity index (χ0v) is 18.8. The lowest BCUT2D eigenvalue weighted by molar-refractivity contribution is -0.116. The van der Waals surface area contributed by atoms with Gasteiger partial charge in [0.2, 0.25) is 5.91 Å². The highest BCUT2D eigenvalue weighted by Gasteiger charge is 2.10. The van der Waals surface area contributed by atoms with Gasteiger partial charge in [-0.1, -0.05) is 35.9 Å². The summed E-state index contributed by atoms with van der Waals surface area (Å²) in [7, 11) is 0. The van der Waals surface area contributed by atoms with Crippen LogP contribution >= 0.6 is 22.9 Å². The van der Waals surface area contributed by atoms with E-state index in [9.17, 15) is 9.59 Å². The van der Waals surface area contributed by atoms with Crippen LogP contribution in [0.4, 0.5) is 5.13 Å². The van der Waals surface area contributed by atoms with Gasteiger partial charge in [-0.2, -0.15) is 0 Å². The summed E-state index contributed by atoms with van der Waals surface area (Å²) >= 11 is 7.62. The predicted octanol–water partition coefficient (Wildman–Crippen LogP) is 4.74. The molecule has 6 nitrogen and oxygen atoms in total. The zero-order chi connectivity index (χ0) is 22.0. The molecule has 0 aliphatic carbocycles. The molecular weight excluding hydrogens is 432 g/mol. The van der Waals surface area contributed by atoms with E-state index in [2.05, 4.69) is 15.3 Å². The summed E-state index contributed by atoms with van der Waals surface area (Å²) in [4.78, 5) is 34.7. The van der Waals surface area contributed by atoms with Gasteiger partial charge in [0.05, 0.1) is 17.2 Å². The standard InChI is InChI=1S/C23H21ClN4O2S/c1-14-6-7-16(11-19(14)24)10-17-12-25-23(31-17)27-20(29)8-9-28-13-26-21-15(2)4-3-5-18(21)22(28)30/h3-7,11-13H,8-10H2,1-2H3,(H,25,27,29). The number of halogens is 1. The number of rotatable bonds is 6. The van der Waals surface area contributed by atoms with Gasteiger partial charge in [0, 0.05) is 35.5 Å². The lowest BCUT2D eigenvalue weighted by Crippen LogP contribution is -2.23. The second-order valence-corrected chi connectivity index (χ2v) is 8.93. The Kier molecular flexibility index (Phi) is 6.15. The third-order valence-corrected chi connectivity index (χ3v) is 6.37. The van der Waals surface area contributed by atoms with Gasteiger partial charge in [-0.3, -0.25) is 14.2 Å². The van der Waals surface area contributed by atoms with E-state index in [1.165, 1.54) is 22.2 Å². The summed E-state index contributed by atoms with van der Waals surface area (Å²) < 4.78 is 1.47. The Morgan fingerprint density at radius 3 is 2.81 bits per heavy atom. The van der Waals surface area contributed by atoms with Crippen LogP contribution in [0.25, 0.3) is 10.9 Å². The number of carbonyl (C=O) groups excluding carboxylic acids is 1. The lowest BCUT2D eigenvalue weighted by atomic mass is 10.1. The van der Waals surface area contributed by atoms with Crippen molar-refractivity contribution < 1.29 is 4.79 Å². The predicted molar refractivity (Wildman–Crippen MR) is 125 cm³/mol. The summed E-state index contributed by atoms with van der Waals surface area (Å²) in [6, 6.07) is 11.5. The van der Waals surface area contributed by atoms with Gasteiger partial charge in [-0.05, 0) is 42.7 Å². The van der Waals surface area contributed by atoms with Crippen molar-refractivity contribution in [1.29, 1.82) is 0 Å². The van der Waals surface area contributed by atoms with Gasteiger partial charge in [-0.15, -0.1) is 11.3 Å². The molecule has 1 N–H and O–H groups in total. The number of amides is 1. The molecule has 0 atom stereocenters. The number of aryl methyl sites for hydroxylation is 3. The van der Waals surface area contributed by atoms with Crippen LogP contribution < -0.4 is 10.9 Å². The zero-order valence-electron chi connectivity index (χ0n) is 17.2. The number of anilines is 1. The first-order chi connectivity index (χ1) is 14.9. The van der Waals surface area contributed by atoms with Crippen molar-refractivity contribution in [3.05, 3.63) is 85.9 Å². The first-order valence-corrected chi connectivity index (χ1v) is 11.0. The van der Waals surface area contributed by atoms with Crippen LogP contribution in [0.15, 0.2) is 53.7 Å². The average molecular weight is 453 g/mol. The highest BCUT2D eigenvalue weighted by atomic mass is 35.5. The molecule has 0 unspecified atom stereocenters. The van der Waals surface area contributed by atoms with E-state index in [0.717, 1.165) is 26.6 Å². The number of hydrogen-bond donors (Lipinski definition) is 1. The van der Waals surface area contributed by atoms with E-state index in [1.807, 2.05) is 44.2 Å². The SMILES string of the molecule is Cc1ccc(Cc2cnc(NC(=O)CCn3cnc4c(C)cccc4c3=O)s2)cc1Cl. The fourth-order valence-electron chi connectivity index (χ4n) is 3.30. The molecule has 2 aromatic carbocycles. The molecule has 0 bridgehead atoms. The minimum atomic E-state index is -0.199. The van der Waals surface area contributed by atoms with E-state index in [4.69, 9.17) is 11.6 Å². The molecule has 0 fully saturated rings. The molecule has 4 rings (SSSR count). The fourth-order valence-corrected chi connectivity index (χ4v) is 4.36. The van der Waals surface area contributed by atoms with Crippen LogP contribution in [-0.2, 0) is 17.8 Å². The third kappa shape index (κ3) is 4.84. The molecule has 4 aromatic rings. The molecule has 31 heavy (non-hydrogen) atoms. The Labute approximate surface area is 188 Å². The lowest BCUT2D eigenvalue weighted by Gasteiger charge is -2.07. The molecule has 0 aliphatic rings. The Morgan fingerprint density at radius 2 is 2.00 bits per heavy atom. The number of para-hydroxylation sites is 1. The van der Waals surface area contributed by atoms with Crippen molar-refractivity contribution >= 4 is 44.9 Å². The molecule has 158 valence electrons. The van der Waals surface area contributed by atoms with Gasteiger partial charge in [-0.25, -0.2) is 9.97 Å². The van der Waals surface area contributed by atoms with Crippen LogP contribution in [0.3, 0.4) is 0 Å². The minimum Gasteiger partial charge on any atom is -0.302 e. The number of benzene rings is 2. The summed E-state index contributed by atoms with van der Waals surface area (Å²) in [5, 5.41) is 4.65. The number of nitrogens with one attached hydrogen (secondary N) is 1. The van der Waals surface area contributed by atoms with Crippen molar-refractivity contribution in [1.82, 2.24) is 14.5 Å². The van der Waals surface area contributed by atoms with Crippen LogP contribution in [0.2, 0.25) is 5.02 Å². The molecule has 0 saturated carbocycles. The van der Waals surface area contributed by atoms with Gasteiger partial charge in [0.15, 0.2) is 5.13 Å². The normalized spacial score (nSPS) is 11.1. The Bertz CT molecular complexity index is 1330. The summed E-state index contributed by atoms with van der Waals surface area (Å²) in [6.45, 7) is 4.14. The number of nitrogens with zero attached hydrogens (tertiary/aromatic N) is 3. The first-order valence-electron chi connectivity index (χ1n) is 9.85. The number of carbonyl (C=O) groups is 1. The molecule has 8 heteroatoms. The van der Waals surface area contributed by atoms with Crippen LogP contribution in [0, 0.1) is 13.8 Å². The third-order valence-electron chi connectivity index (χ3n) is 5.05. The fraction of sp³-hybridized carbons (Fsp3) is 0.217. The molecule has 1 amide bonds. The molecular formula is C23H21ClN4O2S. The second kappa shape index (κ2) is 8.99. The Morgan fingerprint density at radius 1 is 1.16 bits per heavy atom. The van der Waals surface area contributed by atoms with Crippen molar-refractivity contribution in [2.75, 3.05) is 5.32 Å². The van der Waals surface area contributed by atoms with Gasteiger partial charge in [0.1, 0.15) is 0 Å².